The SMILES string of the molecule is CCC(C)(NS(=O)(=O)NC(C)(C)C)C(=N)N. The molecular weight excluding hydrogens is 228 g/mol. The maximum atomic E-state index is 11.8. The number of hydrogen-bond acceptors (Lipinski definition) is 3. The minimum atomic E-state index is -3.67. The van der Waals surface area contributed by atoms with Gasteiger partial charge in [0.2, 0.25) is 0 Å². The predicted octanol–water partition coefficient (Wildman–Crippen LogP) is 0.314. The number of amidine groups is 1. The molecule has 16 heavy (non-hydrogen) atoms. The molecule has 0 aliphatic rings. The molecule has 1 atom stereocenters. The van der Waals surface area contributed by atoms with E-state index in [4.69, 9.17) is 11.1 Å². The van der Waals surface area contributed by atoms with E-state index in [0.717, 1.165) is 0 Å². The van der Waals surface area contributed by atoms with Gasteiger partial charge in [-0.05, 0) is 34.1 Å². The number of hydrogen-bond donors (Lipinski definition) is 4. The standard InChI is InChI=1S/C9H22N4O2S/c1-6-9(5,7(10)11)13-16(14,15)12-8(2,3)4/h12-13H,6H2,1-5H3,(H3,10,11). The highest BCUT2D eigenvalue weighted by molar-refractivity contribution is 7.87. The van der Waals surface area contributed by atoms with E-state index in [1.807, 2.05) is 0 Å². The highest BCUT2D eigenvalue weighted by Gasteiger charge is 2.32. The van der Waals surface area contributed by atoms with Crippen molar-refractivity contribution in [2.45, 2.75) is 52.1 Å². The fourth-order valence-electron chi connectivity index (χ4n) is 1.04. The minimum Gasteiger partial charge on any atom is -0.386 e. The Morgan fingerprint density at radius 1 is 1.25 bits per heavy atom. The van der Waals surface area contributed by atoms with Gasteiger partial charge in [0.1, 0.15) is 5.84 Å². The van der Waals surface area contributed by atoms with Crippen LogP contribution in [0.4, 0.5) is 0 Å². The summed E-state index contributed by atoms with van der Waals surface area (Å²) in [6.07, 6.45) is 0.410. The van der Waals surface area contributed by atoms with Crippen molar-refractivity contribution in [1.82, 2.24) is 9.44 Å². The van der Waals surface area contributed by atoms with Crippen LogP contribution in [0.25, 0.3) is 0 Å². The van der Waals surface area contributed by atoms with Crippen LogP contribution in [0.15, 0.2) is 0 Å². The van der Waals surface area contributed by atoms with E-state index in [-0.39, 0.29) is 5.84 Å². The monoisotopic (exact) mass is 250 g/mol. The zero-order valence-electron chi connectivity index (χ0n) is 10.5. The van der Waals surface area contributed by atoms with Gasteiger partial charge in [0.15, 0.2) is 0 Å². The summed E-state index contributed by atoms with van der Waals surface area (Å²) in [5, 5.41) is 7.38. The van der Waals surface area contributed by atoms with E-state index >= 15 is 0 Å². The van der Waals surface area contributed by atoms with Crippen molar-refractivity contribution in [3.8, 4) is 0 Å². The molecule has 0 fully saturated rings. The van der Waals surface area contributed by atoms with Crippen LogP contribution in [0.3, 0.4) is 0 Å². The van der Waals surface area contributed by atoms with E-state index in [0.29, 0.717) is 6.42 Å². The summed E-state index contributed by atoms with van der Waals surface area (Å²) >= 11 is 0. The first-order valence-corrected chi connectivity index (χ1v) is 6.57. The maximum absolute atomic E-state index is 11.8. The fraction of sp³-hybridized carbons (Fsp3) is 0.889. The van der Waals surface area contributed by atoms with Crippen LogP contribution in [0.2, 0.25) is 0 Å². The van der Waals surface area contributed by atoms with Crippen molar-refractivity contribution in [2.24, 2.45) is 5.73 Å². The van der Waals surface area contributed by atoms with Gasteiger partial charge >= 0.3 is 0 Å². The van der Waals surface area contributed by atoms with Gasteiger partial charge in [-0.3, -0.25) is 5.41 Å². The first-order valence-electron chi connectivity index (χ1n) is 5.09. The van der Waals surface area contributed by atoms with Crippen LogP contribution >= 0.6 is 0 Å². The fourth-order valence-corrected chi connectivity index (χ4v) is 2.75. The molecule has 0 bridgehead atoms. The lowest BCUT2D eigenvalue weighted by atomic mass is 10.00. The molecule has 6 nitrogen and oxygen atoms in total. The molecule has 0 radical (unpaired) electrons. The van der Waals surface area contributed by atoms with E-state index in [2.05, 4.69) is 9.44 Å². The Bertz CT molecular complexity index is 358. The van der Waals surface area contributed by atoms with E-state index in [1.54, 1.807) is 34.6 Å². The van der Waals surface area contributed by atoms with Gasteiger partial charge in [-0.25, -0.2) is 0 Å². The van der Waals surface area contributed by atoms with Crippen LogP contribution < -0.4 is 15.2 Å². The van der Waals surface area contributed by atoms with Gasteiger partial charge in [0.05, 0.1) is 5.54 Å². The Morgan fingerprint density at radius 3 is 1.94 bits per heavy atom. The van der Waals surface area contributed by atoms with Crippen molar-refractivity contribution in [1.29, 1.82) is 5.41 Å². The molecule has 0 saturated carbocycles. The largest absolute Gasteiger partial charge is 0.386 e. The lowest BCUT2D eigenvalue weighted by molar-refractivity contribution is 0.457. The van der Waals surface area contributed by atoms with E-state index in [1.165, 1.54) is 0 Å². The molecule has 0 heterocycles. The summed E-state index contributed by atoms with van der Waals surface area (Å²) < 4.78 is 28.3. The highest BCUT2D eigenvalue weighted by atomic mass is 32.2. The Balaban J connectivity index is 4.90. The Kier molecular flexibility index (Phi) is 4.49. The average molecular weight is 250 g/mol. The summed E-state index contributed by atoms with van der Waals surface area (Å²) in [6.45, 7) is 8.56. The van der Waals surface area contributed by atoms with Gasteiger partial charge < -0.3 is 5.73 Å². The van der Waals surface area contributed by atoms with Crippen molar-refractivity contribution in [3.63, 3.8) is 0 Å². The molecule has 96 valence electrons. The first kappa shape index (κ1) is 15.3. The zero-order valence-corrected chi connectivity index (χ0v) is 11.3. The number of rotatable bonds is 5. The van der Waals surface area contributed by atoms with Gasteiger partial charge in [-0.15, -0.1) is 0 Å². The molecule has 7 heteroatoms. The third kappa shape index (κ3) is 4.91. The maximum Gasteiger partial charge on any atom is 0.278 e. The van der Waals surface area contributed by atoms with Crippen molar-refractivity contribution >= 4 is 16.0 Å². The molecule has 0 aromatic carbocycles. The van der Waals surface area contributed by atoms with Crippen LogP contribution in [0, 0.1) is 5.41 Å². The number of nitrogens with two attached hydrogens (primary N) is 1. The lowest BCUT2D eigenvalue weighted by Gasteiger charge is -2.30. The molecule has 0 aromatic heterocycles. The van der Waals surface area contributed by atoms with Crippen LogP contribution in [-0.2, 0) is 10.2 Å². The highest BCUT2D eigenvalue weighted by Crippen LogP contribution is 2.11. The Hall–Kier alpha value is -0.660. The molecule has 0 aliphatic carbocycles. The summed E-state index contributed by atoms with van der Waals surface area (Å²) in [6, 6.07) is 0. The van der Waals surface area contributed by atoms with E-state index < -0.39 is 21.3 Å². The van der Waals surface area contributed by atoms with Crippen molar-refractivity contribution in [3.05, 3.63) is 0 Å². The van der Waals surface area contributed by atoms with Gasteiger partial charge in [-0.2, -0.15) is 17.9 Å². The van der Waals surface area contributed by atoms with Crippen LogP contribution in [0.5, 0.6) is 0 Å². The van der Waals surface area contributed by atoms with E-state index in [9.17, 15) is 8.42 Å². The molecular formula is C9H22N4O2S. The molecule has 1 unspecified atom stereocenters. The van der Waals surface area contributed by atoms with Gasteiger partial charge in [0.25, 0.3) is 10.2 Å². The topological polar surface area (TPSA) is 108 Å². The summed E-state index contributed by atoms with van der Waals surface area (Å²) in [5.74, 6) is -0.200. The summed E-state index contributed by atoms with van der Waals surface area (Å²) in [5.41, 5.74) is 3.76. The van der Waals surface area contributed by atoms with Gasteiger partial charge in [0, 0.05) is 5.54 Å². The van der Waals surface area contributed by atoms with Crippen LogP contribution in [-0.4, -0.2) is 25.3 Å². The number of nitrogens with one attached hydrogen (secondary N) is 3. The molecule has 5 N–H and O–H groups in total. The molecule has 0 spiro atoms. The smallest absolute Gasteiger partial charge is 0.278 e. The minimum absolute atomic E-state index is 0.200. The van der Waals surface area contributed by atoms with Gasteiger partial charge in [-0.1, -0.05) is 6.92 Å². The third-order valence-electron chi connectivity index (χ3n) is 2.10. The second-order valence-corrected chi connectivity index (χ2v) is 6.47. The average Bonchev–Trinajstić information content (AvgIpc) is 1.97. The van der Waals surface area contributed by atoms with Crippen molar-refractivity contribution < 1.29 is 8.42 Å². The molecule has 0 amide bonds. The molecule has 0 aliphatic heterocycles. The lowest BCUT2D eigenvalue weighted by Crippen LogP contribution is -2.59. The first-order chi connectivity index (χ1) is 6.92. The molecule has 0 aromatic rings. The van der Waals surface area contributed by atoms with Crippen LogP contribution in [0.1, 0.15) is 41.0 Å². The zero-order chi connectivity index (χ0) is 13.2. The Labute approximate surface area is 97.7 Å². The molecule has 0 rings (SSSR count). The third-order valence-corrected chi connectivity index (χ3v) is 3.70. The summed E-state index contributed by atoms with van der Waals surface area (Å²) in [4.78, 5) is 0. The normalized spacial score (nSPS) is 16.8. The Morgan fingerprint density at radius 2 is 1.69 bits per heavy atom. The second-order valence-electron chi connectivity index (χ2n) is 5.06. The molecule has 0 saturated heterocycles. The van der Waals surface area contributed by atoms with Crippen molar-refractivity contribution in [2.75, 3.05) is 0 Å². The quantitative estimate of drug-likeness (QED) is 0.416. The second kappa shape index (κ2) is 4.68. The predicted molar refractivity (Wildman–Crippen MR) is 65.6 cm³/mol. The summed E-state index contributed by atoms with van der Waals surface area (Å²) in [7, 11) is -3.67.